The van der Waals surface area contributed by atoms with Gasteiger partial charge in [0.25, 0.3) is 5.91 Å². The van der Waals surface area contributed by atoms with E-state index in [9.17, 15) is 4.79 Å². The smallest absolute Gasteiger partial charge is 0.256 e. The van der Waals surface area contributed by atoms with E-state index in [-0.39, 0.29) is 5.91 Å². The van der Waals surface area contributed by atoms with Gasteiger partial charge < -0.3 is 5.32 Å². The standard InChI is InChI=1S/C16H12ClN3O/c1-10-8-11(6-7-18-10)19-16(21)13-9-15(17)20-14-5-3-2-4-12(13)14/h2-9H,1H3,(H,18,19,21). The van der Waals surface area contributed by atoms with Crippen molar-refractivity contribution >= 4 is 34.1 Å². The van der Waals surface area contributed by atoms with Crippen LogP contribution in [0.1, 0.15) is 16.1 Å². The van der Waals surface area contributed by atoms with E-state index >= 15 is 0 Å². The van der Waals surface area contributed by atoms with Crippen LogP contribution in [0.2, 0.25) is 5.15 Å². The average Bonchev–Trinajstić information content (AvgIpc) is 2.46. The molecule has 0 bridgehead atoms. The molecule has 2 heterocycles. The van der Waals surface area contributed by atoms with Gasteiger partial charge in [0.1, 0.15) is 5.15 Å². The molecule has 5 heteroatoms. The molecule has 0 aliphatic carbocycles. The first kappa shape index (κ1) is 13.5. The van der Waals surface area contributed by atoms with Gasteiger partial charge in [-0.2, -0.15) is 0 Å². The van der Waals surface area contributed by atoms with Crippen LogP contribution in [0.15, 0.2) is 48.7 Å². The topological polar surface area (TPSA) is 54.9 Å². The molecule has 3 aromatic rings. The summed E-state index contributed by atoms with van der Waals surface area (Å²) in [5, 5.41) is 3.92. The molecule has 0 aliphatic rings. The zero-order valence-corrected chi connectivity index (χ0v) is 12.1. The van der Waals surface area contributed by atoms with Crippen LogP contribution in [0, 0.1) is 6.92 Å². The molecule has 0 radical (unpaired) electrons. The molecule has 1 aromatic carbocycles. The van der Waals surface area contributed by atoms with E-state index in [1.807, 2.05) is 37.3 Å². The van der Waals surface area contributed by atoms with Gasteiger partial charge in [0, 0.05) is 23.0 Å². The van der Waals surface area contributed by atoms with Crippen LogP contribution in [-0.4, -0.2) is 15.9 Å². The number of aromatic nitrogens is 2. The van der Waals surface area contributed by atoms with Gasteiger partial charge in [-0.15, -0.1) is 0 Å². The number of amides is 1. The SMILES string of the molecule is Cc1cc(NC(=O)c2cc(Cl)nc3ccccc23)ccn1. The maximum atomic E-state index is 12.5. The Bertz CT molecular complexity index is 833. The Hall–Kier alpha value is -2.46. The van der Waals surface area contributed by atoms with Crippen LogP contribution in [0.5, 0.6) is 0 Å². The predicted octanol–water partition coefficient (Wildman–Crippen LogP) is 3.84. The minimum atomic E-state index is -0.221. The number of carbonyl (C=O) groups excluding carboxylic acids is 1. The summed E-state index contributed by atoms with van der Waals surface area (Å²) in [5.74, 6) is -0.221. The van der Waals surface area contributed by atoms with Crippen LogP contribution in [0.4, 0.5) is 5.69 Å². The van der Waals surface area contributed by atoms with E-state index in [2.05, 4.69) is 15.3 Å². The lowest BCUT2D eigenvalue weighted by atomic mass is 10.1. The number of fused-ring (bicyclic) bond motifs is 1. The summed E-state index contributed by atoms with van der Waals surface area (Å²) in [5.41, 5.74) is 2.73. The molecule has 104 valence electrons. The normalized spacial score (nSPS) is 10.6. The van der Waals surface area contributed by atoms with Crippen LogP contribution >= 0.6 is 11.6 Å². The van der Waals surface area contributed by atoms with Crippen molar-refractivity contribution in [2.75, 3.05) is 5.32 Å². The number of hydrogen-bond acceptors (Lipinski definition) is 3. The first-order chi connectivity index (χ1) is 10.1. The minimum Gasteiger partial charge on any atom is -0.322 e. The number of anilines is 1. The average molecular weight is 298 g/mol. The number of halogens is 1. The van der Waals surface area contributed by atoms with Crippen LogP contribution in [-0.2, 0) is 0 Å². The molecule has 0 fully saturated rings. The number of hydrogen-bond donors (Lipinski definition) is 1. The van der Waals surface area contributed by atoms with Gasteiger partial charge in [0.2, 0.25) is 0 Å². The van der Waals surface area contributed by atoms with Crippen molar-refractivity contribution in [1.29, 1.82) is 0 Å². The highest BCUT2D eigenvalue weighted by molar-refractivity contribution is 6.30. The van der Waals surface area contributed by atoms with Crippen molar-refractivity contribution in [3.8, 4) is 0 Å². The molecule has 1 N–H and O–H groups in total. The molecule has 0 saturated heterocycles. The van der Waals surface area contributed by atoms with Gasteiger partial charge >= 0.3 is 0 Å². The van der Waals surface area contributed by atoms with Gasteiger partial charge in [0.05, 0.1) is 11.1 Å². The summed E-state index contributed by atoms with van der Waals surface area (Å²) in [6, 6.07) is 12.5. The summed E-state index contributed by atoms with van der Waals surface area (Å²) >= 11 is 5.99. The van der Waals surface area contributed by atoms with E-state index < -0.39 is 0 Å². The molecule has 4 nitrogen and oxygen atoms in total. The van der Waals surface area contributed by atoms with Gasteiger partial charge in [-0.3, -0.25) is 9.78 Å². The molecule has 2 aromatic heterocycles. The Morgan fingerprint density at radius 3 is 2.81 bits per heavy atom. The number of para-hydroxylation sites is 1. The lowest BCUT2D eigenvalue weighted by Gasteiger charge is -2.08. The second kappa shape index (κ2) is 5.50. The van der Waals surface area contributed by atoms with Crippen LogP contribution < -0.4 is 5.32 Å². The molecule has 1 amide bonds. The molecule has 21 heavy (non-hydrogen) atoms. The third-order valence-electron chi connectivity index (χ3n) is 3.08. The highest BCUT2D eigenvalue weighted by Gasteiger charge is 2.12. The summed E-state index contributed by atoms with van der Waals surface area (Å²) in [4.78, 5) is 20.8. The van der Waals surface area contributed by atoms with Crippen molar-refractivity contribution in [2.45, 2.75) is 6.92 Å². The molecular weight excluding hydrogens is 286 g/mol. The molecule has 0 atom stereocenters. The number of aryl methyl sites for hydroxylation is 1. The number of rotatable bonds is 2. The Morgan fingerprint density at radius 2 is 2.00 bits per heavy atom. The van der Waals surface area contributed by atoms with Crippen LogP contribution in [0.3, 0.4) is 0 Å². The third kappa shape index (κ3) is 2.85. The highest BCUT2D eigenvalue weighted by atomic mass is 35.5. The number of carbonyl (C=O) groups is 1. The zero-order valence-electron chi connectivity index (χ0n) is 11.3. The van der Waals surface area contributed by atoms with Crippen molar-refractivity contribution in [2.24, 2.45) is 0 Å². The molecule has 0 saturated carbocycles. The fourth-order valence-electron chi connectivity index (χ4n) is 2.15. The largest absolute Gasteiger partial charge is 0.322 e. The van der Waals surface area contributed by atoms with E-state index in [0.29, 0.717) is 21.9 Å². The fraction of sp³-hybridized carbons (Fsp3) is 0.0625. The second-order valence-corrected chi connectivity index (χ2v) is 5.04. The number of nitrogens with one attached hydrogen (secondary N) is 1. The van der Waals surface area contributed by atoms with Gasteiger partial charge in [0.15, 0.2) is 0 Å². The molecule has 3 rings (SSSR count). The summed E-state index contributed by atoms with van der Waals surface area (Å²) in [6.07, 6.45) is 1.66. The third-order valence-corrected chi connectivity index (χ3v) is 3.28. The molecular formula is C16H12ClN3O. The summed E-state index contributed by atoms with van der Waals surface area (Å²) < 4.78 is 0. The van der Waals surface area contributed by atoms with Crippen molar-refractivity contribution in [3.63, 3.8) is 0 Å². The van der Waals surface area contributed by atoms with Gasteiger partial charge in [-0.05, 0) is 31.2 Å². The first-order valence-electron chi connectivity index (χ1n) is 6.43. The quantitative estimate of drug-likeness (QED) is 0.731. The number of nitrogens with zero attached hydrogens (tertiary/aromatic N) is 2. The Morgan fingerprint density at radius 1 is 1.19 bits per heavy atom. The van der Waals surface area contributed by atoms with Gasteiger partial charge in [-0.1, -0.05) is 29.8 Å². The highest BCUT2D eigenvalue weighted by Crippen LogP contribution is 2.22. The molecule has 0 spiro atoms. The Balaban J connectivity index is 2.02. The van der Waals surface area contributed by atoms with E-state index in [1.165, 1.54) is 0 Å². The lowest BCUT2D eigenvalue weighted by Crippen LogP contribution is -2.13. The van der Waals surface area contributed by atoms with Crippen molar-refractivity contribution in [1.82, 2.24) is 9.97 Å². The van der Waals surface area contributed by atoms with E-state index in [4.69, 9.17) is 11.6 Å². The van der Waals surface area contributed by atoms with Crippen molar-refractivity contribution < 1.29 is 4.79 Å². The predicted molar refractivity (Wildman–Crippen MR) is 83.7 cm³/mol. The summed E-state index contributed by atoms with van der Waals surface area (Å²) in [6.45, 7) is 1.87. The fourth-order valence-corrected chi connectivity index (χ4v) is 2.35. The zero-order chi connectivity index (χ0) is 14.8. The Labute approximate surface area is 126 Å². The monoisotopic (exact) mass is 297 g/mol. The van der Waals surface area contributed by atoms with Crippen LogP contribution in [0.25, 0.3) is 10.9 Å². The van der Waals surface area contributed by atoms with Gasteiger partial charge in [-0.25, -0.2) is 4.98 Å². The molecule has 0 unspecified atom stereocenters. The Kier molecular flexibility index (Phi) is 3.54. The number of benzene rings is 1. The van der Waals surface area contributed by atoms with E-state index in [1.54, 1.807) is 18.3 Å². The molecule has 0 aliphatic heterocycles. The maximum absolute atomic E-state index is 12.5. The number of pyridine rings is 2. The van der Waals surface area contributed by atoms with Crippen molar-refractivity contribution in [3.05, 3.63) is 65.1 Å². The maximum Gasteiger partial charge on any atom is 0.256 e. The van der Waals surface area contributed by atoms with E-state index in [0.717, 1.165) is 11.1 Å². The second-order valence-electron chi connectivity index (χ2n) is 4.65. The lowest BCUT2D eigenvalue weighted by molar-refractivity contribution is 0.102. The minimum absolute atomic E-state index is 0.221. The first-order valence-corrected chi connectivity index (χ1v) is 6.80. The summed E-state index contributed by atoms with van der Waals surface area (Å²) in [7, 11) is 0.